The minimum absolute atomic E-state index is 0.551. The number of H-pyrrole nitrogens is 1. The average Bonchev–Trinajstić information content (AvgIpc) is 2.66. The van der Waals surface area contributed by atoms with Crippen molar-refractivity contribution in [2.24, 2.45) is 0 Å². The second-order valence-corrected chi connectivity index (χ2v) is 4.72. The molecule has 0 saturated carbocycles. The van der Waals surface area contributed by atoms with Crippen molar-refractivity contribution in [3.05, 3.63) is 23.7 Å². The number of rotatable bonds is 5. The zero-order chi connectivity index (χ0) is 12.3. The number of aryl methyl sites for hydroxylation is 2. The van der Waals surface area contributed by atoms with E-state index in [1.165, 1.54) is 0 Å². The van der Waals surface area contributed by atoms with Gasteiger partial charge in [0.15, 0.2) is 5.65 Å². The van der Waals surface area contributed by atoms with Crippen molar-refractivity contribution in [2.45, 2.75) is 39.7 Å². The summed E-state index contributed by atoms with van der Waals surface area (Å²) in [6.45, 7) is 7.34. The smallest absolute Gasteiger partial charge is 0.177 e. The van der Waals surface area contributed by atoms with Crippen LogP contribution < -0.4 is 5.32 Å². The molecule has 4 nitrogen and oxygen atoms in total. The number of nitrogens with one attached hydrogen (secondary N) is 2. The van der Waals surface area contributed by atoms with Crippen LogP contribution in [0.4, 0.5) is 0 Å². The molecule has 0 aliphatic heterocycles. The van der Waals surface area contributed by atoms with E-state index in [1.54, 1.807) is 0 Å². The third kappa shape index (κ3) is 3.27. The summed E-state index contributed by atoms with van der Waals surface area (Å²) in [5, 5.41) is 3.40. The monoisotopic (exact) mass is 232 g/mol. The molecule has 2 rings (SSSR count). The van der Waals surface area contributed by atoms with Gasteiger partial charge in [0.1, 0.15) is 5.82 Å². The van der Waals surface area contributed by atoms with Crippen LogP contribution in [0.3, 0.4) is 0 Å². The van der Waals surface area contributed by atoms with Gasteiger partial charge >= 0.3 is 0 Å². The third-order valence-electron chi connectivity index (χ3n) is 2.68. The first-order chi connectivity index (χ1) is 8.15. The van der Waals surface area contributed by atoms with Gasteiger partial charge in [0.25, 0.3) is 0 Å². The molecule has 2 aromatic rings. The van der Waals surface area contributed by atoms with Crippen LogP contribution in [0, 0.1) is 6.92 Å². The number of fused-ring (bicyclic) bond motifs is 1. The van der Waals surface area contributed by atoms with Gasteiger partial charge in [-0.1, -0.05) is 13.8 Å². The lowest BCUT2D eigenvalue weighted by Crippen LogP contribution is -2.24. The van der Waals surface area contributed by atoms with E-state index in [0.29, 0.717) is 6.04 Å². The molecule has 2 aromatic heterocycles. The van der Waals surface area contributed by atoms with Crippen molar-refractivity contribution in [2.75, 3.05) is 6.54 Å². The topological polar surface area (TPSA) is 53.6 Å². The van der Waals surface area contributed by atoms with Gasteiger partial charge < -0.3 is 10.3 Å². The molecule has 0 unspecified atom stereocenters. The number of nitrogens with zero attached hydrogens (tertiary/aromatic N) is 2. The fourth-order valence-electron chi connectivity index (χ4n) is 1.80. The van der Waals surface area contributed by atoms with E-state index in [2.05, 4.69) is 34.1 Å². The van der Waals surface area contributed by atoms with Crippen LogP contribution in [0.1, 0.15) is 31.8 Å². The first kappa shape index (κ1) is 12.0. The predicted molar refractivity (Wildman–Crippen MR) is 70.1 cm³/mol. The van der Waals surface area contributed by atoms with E-state index in [-0.39, 0.29) is 0 Å². The number of imidazole rings is 1. The molecule has 0 amide bonds. The van der Waals surface area contributed by atoms with Crippen molar-refractivity contribution < 1.29 is 0 Å². The number of aromatic amines is 1. The summed E-state index contributed by atoms with van der Waals surface area (Å²) in [5.41, 5.74) is 2.87. The molecule has 0 aromatic carbocycles. The molecule has 0 aliphatic rings. The van der Waals surface area contributed by atoms with Gasteiger partial charge in [0.05, 0.1) is 5.52 Å². The molecule has 0 radical (unpaired) electrons. The summed E-state index contributed by atoms with van der Waals surface area (Å²) >= 11 is 0. The Balaban J connectivity index is 1.95. The van der Waals surface area contributed by atoms with Crippen LogP contribution in [-0.2, 0) is 6.42 Å². The van der Waals surface area contributed by atoms with Crippen LogP contribution in [0.15, 0.2) is 12.1 Å². The van der Waals surface area contributed by atoms with Gasteiger partial charge in [-0.25, -0.2) is 9.97 Å². The van der Waals surface area contributed by atoms with E-state index in [9.17, 15) is 0 Å². The van der Waals surface area contributed by atoms with Crippen LogP contribution in [-0.4, -0.2) is 27.5 Å². The average molecular weight is 232 g/mol. The quantitative estimate of drug-likeness (QED) is 0.777. The standard InChI is InChI=1S/C13H20N4/c1-9(2)14-8-4-5-12-16-11-7-6-10(3)15-13(11)17-12/h6-7,9,14H,4-5,8H2,1-3H3,(H,15,16,17). The molecule has 2 heterocycles. The maximum absolute atomic E-state index is 4.50. The lowest BCUT2D eigenvalue weighted by molar-refractivity contribution is 0.567. The maximum atomic E-state index is 4.50. The SMILES string of the molecule is Cc1ccc2[nH]c(CCCNC(C)C)nc2n1. The van der Waals surface area contributed by atoms with Crippen LogP contribution in [0.25, 0.3) is 11.2 Å². The van der Waals surface area contributed by atoms with Crippen molar-refractivity contribution >= 4 is 11.2 Å². The molecule has 4 heteroatoms. The van der Waals surface area contributed by atoms with Crippen molar-refractivity contribution in [3.63, 3.8) is 0 Å². The minimum Gasteiger partial charge on any atom is -0.341 e. The fourth-order valence-corrected chi connectivity index (χ4v) is 1.80. The van der Waals surface area contributed by atoms with E-state index >= 15 is 0 Å². The minimum atomic E-state index is 0.551. The zero-order valence-electron chi connectivity index (χ0n) is 10.7. The van der Waals surface area contributed by atoms with Crippen LogP contribution in [0.5, 0.6) is 0 Å². The summed E-state index contributed by atoms with van der Waals surface area (Å²) in [7, 11) is 0. The predicted octanol–water partition coefficient (Wildman–Crippen LogP) is 2.20. The maximum Gasteiger partial charge on any atom is 0.177 e. The zero-order valence-corrected chi connectivity index (χ0v) is 10.7. The number of hydrogen-bond acceptors (Lipinski definition) is 3. The van der Waals surface area contributed by atoms with Crippen LogP contribution >= 0.6 is 0 Å². The Hall–Kier alpha value is -1.42. The molecule has 0 atom stereocenters. The molecule has 0 aliphatic carbocycles. The Labute approximate surface area is 102 Å². The van der Waals surface area contributed by atoms with Gasteiger partial charge in [-0.15, -0.1) is 0 Å². The molecule has 2 N–H and O–H groups in total. The highest BCUT2D eigenvalue weighted by atomic mass is 15.0. The summed E-state index contributed by atoms with van der Waals surface area (Å²) in [6.07, 6.45) is 2.06. The molecular formula is C13H20N4. The molecular weight excluding hydrogens is 212 g/mol. The Morgan fingerprint density at radius 3 is 2.88 bits per heavy atom. The Morgan fingerprint density at radius 2 is 2.12 bits per heavy atom. The van der Waals surface area contributed by atoms with Gasteiger partial charge in [0, 0.05) is 18.2 Å². The summed E-state index contributed by atoms with van der Waals surface area (Å²) in [6, 6.07) is 4.60. The van der Waals surface area contributed by atoms with E-state index in [0.717, 1.165) is 42.1 Å². The Morgan fingerprint density at radius 1 is 1.29 bits per heavy atom. The van der Waals surface area contributed by atoms with Gasteiger partial charge in [-0.3, -0.25) is 0 Å². The van der Waals surface area contributed by atoms with Gasteiger partial charge in [0.2, 0.25) is 0 Å². The highest BCUT2D eigenvalue weighted by molar-refractivity contribution is 5.70. The molecule has 92 valence electrons. The van der Waals surface area contributed by atoms with E-state index in [1.807, 2.05) is 19.1 Å². The van der Waals surface area contributed by atoms with E-state index < -0.39 is 0 Å². The lowest BCUT2D eigenvalue weighted by Gasteiger charge is -2.06. The lowest BCUT2D eigenvalue weighted by atomic mass is 10.3. The first-order valence-electron chi connectivity index (χ1n) is 6.21. The molecule has 0 spiro atoms. The highest BCUT2D eigenvalue weighted by Gasteiger charge is 2.03. The van der Waals surface area contributed by atoms with Gasteiger partial charge in [-0.2, -0.15) is 0 Å². The normalized spacial score (nSPS) is 11.5. The van der Waals surface area contributed by atoms with Gasteiger partial charge in [-0.05, 0) is 32.0 Å². The Bertz CT molecular complexity index is 487. The first-order valence-corrected chi connectivity index (χ1v) is 6.21. The molecule has 0 saturated heterocycles. The second-order valence-electron chi connectivity index (χ2n) is 4.72. The van der Waals surface area contributed by atoms with E-state index in [4.69, 9.17) is 0 Å². The third-order valence-corrected chi connectivity index (χ3v) is 2.68. The summed E-state index contributed by atoms with van der Waals surface area (Å²) in [4.78, 5) is 12.2. The second kappa shape index (κ2) is 5.27. The fraction of sp³-hybridized carbons (Fsp3) is 0.538. The van der Waals surface area contributed by atoms with Crippen LogP contribution in [0.2, 0.25) is 0 Å². The number of aromatic nitrogens is 3. The summed E-state index contributed by atoms with van der Waals surface area (Å²) in [5.74, 6) is 1.03. The van der Waals surface area contributed by atoms with Crippen molar-refractivity contribution in [1.82, 2.24) is 20.3 Å². The Kier molecular flexibility index (Phi) is 3.74. The largest absolute Gasteiger partial charge is 0.341 e. The summed E-state index contributed by atoms with van der Waals surface area (Å²) < 4.78 is 0. The molecule has 0 bridgehead atoms. The number of hydrogen-bond donors (Lipinski definition) is 2. The molecule has 17 heavy (non-hydrogen) atoms. The van der Waals surface area contributed by atoms with Crippen molar-refractivity contribution in [3.8, 4) is 0 Å². The highest BCUT2D eigenvalue weighted by Crippen LogP contribution is 2.10. The van der Waals surface area contributed by atoms with Crippen molar-refractivity contribution in [1.29, 1.82) is 0 Å². The molecule has 0 fully saturated rings. The number of pyridine rings is 1.